The summed E-state index contributed by atoms with van der Waals surface area (Å²) in [7, 11) is 0. The average molecular weight is 252 g/mol. The Morgan fingerprint density at radius 2 is 2.29 bits per heavy atom. The van der Waals surface area contributed by atoms with Crippen molar-refractivity contribution in [2.75, 3.05) is 5.43 Å². The lowest BCUT2D eigenvalue weighted by Crippen LogP contribution is -2.26. The third-order valence-corrected chi connectivity index (χ3v) is 2.86. The highest BCUT2D eigenvalue weighted by Crippen LogP contribution is 2.28. The summed E-state index contributed by atoms with van der Waals surface area (Å²) in [6, 6.07) is 4.42. The molecule has 0 spiro atoms. The van der Waals surface area contributed by atoms with Gasteiger partial charge in [0.05, 0.1) is 15.1 Å². The van der Waals surface area contributed by atoms with Crippen molar-refractivity contribution in [3.05, 3.63) is 28.3 Å². The van der Waals surface area contributed by atoms with Crippen molar-refractivity contribution in [2.24, 2.45) is 0 Å². The van der Waals surface area contributed by atoms with Crippen LogP contribution in [0.3, 0.4) is 0 Å². The maximum absolute atomic E-state index is 10.7. The van der Waals surface area contributed by atoms with Gasteiger partial charge in [-0.25, -0.2) is 4.98 Å². The quantitative estimate of drug-likeness (QED) is 0.639. The number of benzene rings is 1. The van der Waals surface area contributed by atoms with Gasteiger partial charge in [-0.1, -0.05) is 11.3 Å². The van der Waals surface area contributed by atoms with E-state index in [0.29, 0.717) is 15.3 Å². The molecule has 0 aliphatic heterocycles. The summed E-state index contributed by atoms with van der Waals surface area (Å²) in [4.78, 5) is 25.0. The number of carbonyl (C=O) groups excluding carboxylic acids is 1. The minimum atomic E-state index is -0.458. The Kier molecular flexibility index (Phi) is 2.88. The molecule has 1 amide bonds. The standard InChI is InChI=1S/C9H8N4O3S/c1-5(14)11-12-9-10-7-3-2-6(13(15)16)4-8(7)17-9/h2-4H,1H3,(H,10,12)(H,11,14). The van der Waals surface area contributed by atoms with E-state index >= 15 is 0 Å². The lowest BCUT2D eigenvalue weighted by Gasteiger charge is -1.99. The maximum atomic E-state index is 10.7. The summed E-state index contributed by atoms with van der Waals surface area (Å²) in [5.41, 5.74) is 5.67. The van der Waals surface area contributed by atoms with Crippen LogP contribution >= 0.6 is 11.3 Å². The number of nitrogens with one attached hydrogen (secondary N) is 2. The third kappa shape index (κ3) is 2.48. The Hall–Kier alpha value is -2.22. The molecule has 2 rings (SSSR count). The lowest BCUT2D eigenvalue weighted by atomic mass is 10.3. The second-order valence-corrected chi connectivity index (χ2v) is 4.26. The molecule has 7 nitrogen and oxygen atoms in total. The molecule has 0 unspecified atom stereocenters. The Bertz CT molecular complexity index is 595. The summed E-state index contributed by atoms with van der Waals surface area (Å²) in [5.74, 6) is -0.241. The Balaban J connectivity index is 2.30. The fraction of sp³-hybridized carbons (Fsp3) is 0.111. The molecule has 0 aliphatic rings. The van der Waals surface area contributed by atoms with Crippen LogP contribution in [-0.4, -0.2) is 15.8 Å². The fourth-order valence-electron chi connectivity index (χ4n) is 1.22. The van der Waals surface area contributed by atoms with E-state index < -0.39 is 4.92 Å². The molecule has 0 fully saturated rings. The highest BCUT2D eigenvalue weighted by atomic mass is 32.1. The number of amides is 1. The van der Waals surface area contributed by atoms with Crippen LogP contribution in [0.25, 0.3) is 10.2 Å². The molecule has 1 aromatic heterocycles. The second-order valence-electron chi connectivity index (χ2n) is 3.23. The number of carbonyl (C=O) groups is 1. The first-order valence-electron chi connectivity index (χ1n) is 4.64. The van der Waals surface area contributed by atoms with E-state index in [-0.39, 0.29) is 11.6 Å². The van der Waals surface area contributed by atoms with Crippen molar-refractivity contribution in [1.29, 1.82) is 0 Å². The smallest absolute Gasteiger partial charge is 0.270 e. The molecule has 1 aromatic carbocycles. The molecule has 0 atom stereocenters. The Morgan fingerprint density at radius 1 is 1.53 bits per heavy atom. The van der Waals surface area contributed by atoms with Crippen molar-refractivity contribution < 1.29 is 9.72 Å². The number of hydrogen-bond acceptors (Lipinski definition) is 6. The molecule has 88 valence electrons. The minimum Gasteiger partial charge on any atom is -0.274 e. The third-order valence-electron chi connectivity index (χ3n) is 1.93. The predicted molar refractivity (Wildman–Crippen MR) is 63.7 cm³/mol. The van der Waals surface area contributed by atoms with Crippen LogP contribution in [0.15, 0.2) is 18.2 Å². The van der Waals surface area contributed by atoms with Crippen LogP contribution in [0.4, 0.5) is 10.8 Å². The zero-order chi connectivity index (χ0) is 12.4. The molecule has 0 aliphatic carbocycles. The van der Waals surface area contributed by atoms with E-state index in [4.69, 9.17) is 0 Å². The van der Waals surface area contributed by atoms with E-state index in [0.717, 1.165) is 0 Å². The van der Waals surface area contributed by atoms with Gasteiger partial charge in [-0.3, -0.25) is 25.8 Å². The van der Waals surface area contributed by atoms with Crippen molar-refractivity contribution >= 4 is 38.3 Å². The van der Waals surface area contributed by atoms with Crippen LogP contribution in [-0.2, 0) is 4.79 Å². The highest BCUT2D eigenvalue weighted by molar-refractivity contribution is 7.22. The Morgan fingerprint density at radius 3 is 2.94 bits per heavy atom. The normalized spacial score (nSPS) is 10.2. The number of non-ortho nitro benzene ring substituents is 1. The van der Waals surface area contributed by atoms with Crippen molar-refractivity contribution in [3.63, 3.8) is 0 Å². The zero-order valence-corrected chi connectivity index (χ0v) is 9.58. The number of thiazole rings is 1. The number of nitro groups is 1. The average Bonchev–Trinajstić information content (AvgIpc) is 2.67. The van der Waals surface area contributed by atoms with E-state index in [9.17, 15) is 14.9 Å². The first kappa shape index (κ1) is 11.3. The number of hydrazine groups is 1. The van der Waals surface area contributed by atoms with E-state index in [1.165, 1.54) is 30.4 Å². The van der Waals surface area contributed by atoms with Gasteiger partial charge in [0.2, 0.25) is 11.0 Å². The van der Waals surface area contributed by atoms with Gasteiger partial charge in [0.15, 0.2) is 0 Å². The first-order valence-corrected chi connectivity index (χ1v) is 5.45. The summed E-state index contributed by atoms with van der Waals surface area (Å²) < 4.78 is 0.687. The maximum Gasteiger partial charge on any atom is 0.270 e. The topological polar surface area (TPSA) is 97.2 Å². The Labute approximate surface area is 99.6 Å². The summed E-state index contributed by atoms with van der Waals surface area (Å²) in [6.45, 7) is 1.37. The molecular formula is C9H8N4O3S. The lowest BCUT2D eigenvalue weighted by molar-refractivity contribution is -0.384. The van der Waals surface area contributed by atoms with Gasteiger partial charge in [-0.15, -0.1) is 0 Å². The first-order chi connectivity index (χ1) is 8.06. The number of anilines is 1. The minimum absolute atomic E-state index is 0.0206. The van der Waals surface area contributed by atoms with Crippen LogP contribution in [0.1, 0.15) is 6.92 Å². The number of nitrogens with zero attached hydrogens (tertiary/aromatic N) is 2. The van der Waals surface area contributed by atoms with Gasteiger partial charge in [-0.05, 0) is 6.07 Å². The molecule has 8 heteroatoms. The molecule has 2 N–H and O–H groups in total. The summed E-state index contributed by atoms with van der Waals surface area (Å²) >= 11 is 1.23. The monoisotopic (exact) mass is 252 g/mol. The van der Waals surface area contributed by atoms with Crippen LogP contribution < -0.4 is 10.9 Å². The molecule has 0 bridgehead atoms. The second kappa shape index (κ2) is 4.34. The zero-order valence-electron chi connectivity index (χ0n) is 8.76. The van der Waals surface area contributed by atoms with Crippen molar-refractivity contribution in [3.8, 4) is 0 Å². The van der Waals surface area contributed by atoms with Gasteiger partial charge in [-0.2, -0.15) is 0 Å². The van der Waals surface area contributed by atoms with E-state index in [1.54, 1.807) is 6.07 Å². The van der Waals surface area contributed by atoms with Gasteiger partial charge < -0.3 is 0 Å². The largest absolute Gasteiger partial charge is 0.274 e. The number of fused-ring (bicyclic) bond motifs is 1. The number of aromatic nitrogens is 1. The predicted octanol–water partition coefficient (Wildman–Crippen LogP) is 1.67. The highest BCUT2D eigenvalue weighted by Gasteiger charge is 2.10. The summed E-state index contributed by atoms with van der Waals surface area (Å²) in [5, 5.41) is 11.1. The number of hydrogen-bond donors (Lipinski definition) is 2. The number of rotatable bonds is 3. The van der Waals surface area contributed by atoms with Crippen molar-refractivity contribution in [2.45, 2.75) is 6.92 Å². The fourth-order valence-corrected chi connectivity index (χ4v) is 2.07. The molecule has 17 heavy (non-hydrogen) atoms. The molecule has 2 aromatic rings. The van der Waals surface area contributed by atoms with E-state index in [1.807, 2.05) is 0 Å². The van der Waals surface area contributed by atoms with Gasteiger partial charge in [0.25, 0.3) is 5.69 Å². The van der Waals surface area contributed by atoms with Gasteiger partial charge in [0.1, 0.15) is 0 Å². The molecular weight excluding hydrogens is 244 g/mol. The molecule has 1 heterocycles. The van der Waals surface area contributed by atoms with Crippen molar-refractivity contribution in [1.82, 2.24) is 10.4 Å². The molecule has 0 radical (unpaired) electrons. The van der Waals surface area contributed by atoms with Gasteiger partial charge in [0, 0.05) is 19.1 Å². The summed E-state index contributed by atoms with van der Waals surface area (Å²) in [6.07, 6.45) is 0. The van der Waals surface area contributed by atoms with Crippen LogP contribution in [0, 0.1) is 10.1 Å². The SMILES string of the molecule is CC(=O)NNc1nc2ccc([N+](=O)[O-])cc2s1. The van der Waals surface area contributed by atoms with Crippen LogP contribution in [0.5, 0.6) is 0 Å². The molecule has 0 saturated carbocycles. The van der Waals surface area contributed by atoms with Crippen LogP contribution in [0.2, 0.25) is 0 Å². The van der Waals surface area contributed by atoms with E-state index in [2.05, 4.69) is 15.8 Å². The molecule has 0 saturated heterocycles. The van der Waals surface area contributed by atoms with Gasteiger partial charge >= 0.3 is 0 Å². The number of nitro benzene ring substituents is 1.